The van der Waals surface area contributed by atoms with E-state index in [-0.39, 0.29) is 0 Å². The summed E-state index contributed by atoms with van der Waals surface area (Å²) in [4.78, 5) is 10.3. The van der Waals surface area contributed by atoms with Crippen molar-refractivity contribution in [1.82, 2.24) is 10.9 Å². The third kappa shape index (κ3) is 2.77. The Balaban J connectivity index is 2.11. The van der Waals surface area contributed by atoms with Crippen molar-refractivity contribution >= 4 is 5.97 Å². The quantitative estimate of drug-likeness (QED) is 0.440. The Morgan fingerprint density at radius 3 is 3.00 bits per heavy atom. The molecule has 0 amide bonds. The lowest BCUT2D eigenvalue weighted by Crippen LogP contribution is -2.34. The van der Waals surface area contributed by atoms with Gasteiger partial charge in [-0.1, -0.05) is 0 Å². The first-order chi connectivity index (χ1) is 5.70. The molecule has 1 aliphatic heterocycles. The van der Waals surface area contributed by atoms with E-state index in [2.05, 4.69) is 10.9 Å². The number of carboxylic acids is 1. The van der Waals surface area contributed by atoms with E-state index in [1.165, 1.54) is 0 Å². The summed E-state index contributed by atoms with van der Waals surface area (Å²) < 4.78 is 0. The van der Waals surface area contributed by atoms with Gasteiger partial charge in [0, 0.05) is 12.6 Å². The second kappa shape index (κ2) is 4.39. The van der Waals surface area contributed by atoms with Gasteiger partial charge in [-0.05, 0) is 19.3 Å². The van der Waals surface area contributed by atoms with Crippen molar-refractivity contribution in [3.05, 3.63) is 0 Å². The van der Waals surface area contributed by atoms with Crippen LogP contribution in [0.15, 0.2) is 0 Å². The van der Waals surface area contributed by atoms with Crippen LogP contribution in [0.5, 0.6) is 0 Å². The normalized spacial score (nSPS) is 25.6. The zero-order valence-electron chi connectivity index (χ0n) is 6.92. The lowest BCUT2D eigenvalue weighted by molar-refractivity contribution is -0.138. The average molecular weight is 173 g/mol. The highest BCUT2D eigenvalue weighted by Gasteiger charge is 2.17. The van der Waals surface area contributed by atoms with Crippen LogP contribution in [0, 0.1) is 0 Å². The Bertz CT molecular complexity index is 157. The lowest BCUT2D eigenvalue weighted by atomic mass is 10.1. The number of nitrogens with two attached hydrogens (primary N) is 1. The van der Waals surface area contributed by atoms with Crippen LogP contribution in [-0.4, -0.2) is 29.7 Å². The molecule has 12 heavy (non-hydrogen) atoms. The molecule has 5 heteroatoms. The molecular weight excluding hydrogens is 158 g/mol. The maximum atomic E-state index is 10.3. The van der Waals surface area contributed by atoms with E-state index >= 15 is 0 Å². The predicted molar refractivity (Wildman–Crippen MR) is 44.4 cm³/mol. The first kappa shape index (κ1) is 9.44. The van der Waals surface area contributed by atoms with Crippen molar-refractivity contribution in [3.8, 4) is 0 Å². The summed E-state index contributed by atoms with van der Waals surface area (Å²) in [5, 5.41) is 8.49. The van der Waals surface area contributed by atoms with Gasteiger partial charge in [-0.3, -0.25) is 15.6 Å². The Kier molecular flexibility index (Phi) is 3.46. The van der Waals surface area contributed by atoms with Crippen LogP contribution in [0.4, 0.5) is 0 Å². The molecule has 0 radical (unpaired) electrons. The number of nitrogens with one attached hydrogen (secondary N) is 2. The third-order valence-corrected chi connectivity index (χ3v) is 2.07. The van der Waals surface area contributed by atoms with Crippen LogP contribution >= 0.6 is 0 Å². The molecule has 0 aromatic rings. The minimum absolute atomic E-state index is 0.385. The van der Waals surface area contributed by atoms with E-state index < -0.39 is 12.0 Å². The minimum atomic E-state index is -0.916. The number of hydrogen-bond acceptors (Lipinski definition) is 4. The summed E-state index contributed by atoms with van der Waals surface area (Å²) in [6.45, 7) is 0.951. The van der Waals surface area contributed by atoms with E-state index in [9.17, 15) is 4.79 Å². The molecule has 1 aliphatic rings. The smallest absolute Gasteiger partial charge is 0.320 e. The standard InChI is InChI=1S/C7H15N3O2/c8-6(7(11)12)2-1-5-3-4-9-10-5/h5-6,9-10H,1-4,8H2,(H,11,12). The molecule has 0 aliphatic carbocycles. The van der Waals surface area contributed by atoms with Crippen LogP contribution in [0.1, 0.15) is 19.3 Å². The number of aliphatic carboxylic acids is 1. The number of hydrogen-bond donors (Lipinski definition) is 4. The van der Waals surface area contributed by atoms with Crippen molar-refractivity contribution in [1.29, 1.82) is 0 Å². The maximum absolute atomic E-state index is 10.3. The molecule has 0 bridgehead atoms. The minimum Gasteiger partial charge on any atom is -0.480 e. The van der Waals surface area contributed by atoms with Gasteiger partial charge in [0.25, 0.3) is 0 Å². The zero-order chi connectivity index (χ0) is 8.97. The van der Waals surface area contributed by atoms with Crippen LogP contribution in [0.25, 0.3) is 0 Å². The fourth-order valence-electron chi connectivity index (χ4n) is 1.26. The third-order valence-electron chi connectivity index (χ3n) is 2.07. The molecule has 2 unspecified atom stereocenters. The van der Waals surface area contributed by atoms with E-state index in [0.29, 0.717) is 12.5 Å². The SMILES string of the molecule is NC(CCC1CCNN1)C(=O)O. The molecule has 1 saturated heterocycles. The van der Waals surface area contributed by atoms with Crippen LogP contribution < -0.4 is 16.6 Å². The fraction of sp³-hybridized carbons (Fsp3) is 0.857. The summed E-state index contributed by atoms with van der Waals surface area (Å²) in [5.74, 6) is -0.916. The average Bonchev–Trinajstić information content (AvgIpc) is 2.51. The highest BCUT2D eigenvalue weighted by molar-refractivity contribution is 5.72. The van der Waals surface area contributed by atoms with E-state index in [4.69, 9.17) is 10.8 Å². The summed E-state index contributed by atoms with van der Waals surface area (Å²) in [6.07, 6.45) is 2.40. The largest absolute Gasteiger partial charge is 0.480 e. The predicted octanol–water partition coefficient (Wildman–Crippen LogP) is -0.955. The number of hydrazine groups is 1. The number of rotatable bonds is 4. The Hall–Kier alpha value is -0.650. The molecule has 5 nitrogen and oxygen atoms in total. The van der Waals surface area contributed by atoms with Crippen molar-refractivity contribution in [2.24, 2.45) is 5.73 Å². The van der Waals surface area contributed by atoms with Gasteiger partial charge in [0.1, 0.15) is 6.04 Å². The Morgan fingerprint density at radius 1 is 1.75 bits per heavy atom. The van der Waals surface area contributed by atoms with Gasteiger partial charge in [0.15, 0.2) is 0 Å². The van der Waals surface area contributed by atoms with Gasteiger partial charge in [-0.15, -0.1) is 0 Å². The van der Waals surface area contributed by atoms with Gasteiger partial charge in [-0.2, -0.15) is 0 Å². The highest BCUT2D eigenvalue weighted by atomic mass is 16.4. The van der Waals surface area contributed by atoms with Crippen molar-refractivity contribution in [2.45, 2.75) is 31.3 Å². The summed E-state index contributed by atoms with van der Waals surface area (Å²) in [6, 6.07) is -0.331. The van der Waals surface area contributed by atoms with Crippen LogP contribution in [-0.2, 0) is 4.79 Å². The van der Waals surface area contributed by atoms with E-state index in [0.717, 1.165) is 19.4 Å². The van der Waals surface area contributed by atoms with Crippen molar-refractivity contribution < 1.29 is 9.90 Å². The van der Waals surface area contributed by atoms with Crippen molar-refractivity contribution in [3.63, 3.8) is 0 Å². The summed E-state index contributed by atoms with van der Waals surface area (Å²) in [5.41, 5.74) is 11.4. The topological polar surface area (TPSA) is 87.4 Å². The fourth-order valence-corrected chi connectivity index (χ4v) is 1.26. The van der Waals surface area contributed by atoms with Gasteiger partial charge in [0.05, 0.1) is 0 Å². The molecule has 70 valence electrons. The molecular formula is C7H15N3O2. The molecule has 0 saturated carbocycles. The second-order valence-corrected chi connectivity index (χ2v) is 3.08. The van der Waals surface area contributed by atoms with Crippen LogP contribution in [0.3, 0.4) is 0 Å². The van der Waals surface area contributed by atoms with Gasteiger partial charge < -0.3 is 10.8 Å². The van der Waals surface area contributed by atoms with E-state index in [1.54, 1.807) is 0 Å². The van der Waals surface area contributed by atoms with Gasteiger partial charge in [-0.25, -0.2) is 0 Å². The van der Waals surface area contributed by atoms with Crippen molar-refractivity contribution in [2.75, 3.05) is 6.54 Å². The maximum Gasteiger partial charge on any atom is 0.320 e. The summed E-state index contributed by atoms with van der Waals surface area (Å²) >= 11 is 0. The molecule has 1 heterocycles. The van der Waals surface area contributed by atoms with Gasteiger partial charge in [0.2, 0.25) is 0 Å². The van der Waals surface area contributed by atoms with E-state index in [1.807, 2.05) is 0 Å². The molecule has 1 rings (SSSR count). The Morgan fingerprint density at radius 2 is 2.50 bits per heavy atom. The lowest BCUT2D eigenvalue weighted by Gasteiger charge is -2.10. The molecule has 2 atom stereocenters. The zero-order valence-corrected chi connectivity index (χ0v) is 6.92. The highest BCUT2D eigenvalue weighted by Crippen LogP contribution is 2.06. The molecule has 5 N–H and O–H groups in total. The number of carbonyl (C=O) groups is 1. The number of carboxylic acid groups (broad SMARTS) is 1. The molecule has 0 aromatic carbocycles. The first-order valence-corrected chi connectivity index (χ1v) is 4.17. The molecule has 0 aromatic heterocycles. The van der Waals surface area contributed by atoms with Gasteiger partial charge >= 0.3 is 5.97 Å². The molecule has 0 spiro atoms. The molecule has 1 fully saturated rings. The first-order valence-electron chi connectivity index (χ1n) is 4.17. The Labute approximate surface area is 71.3 Å². The summed E-state index contributed by atoms with van der Waals surface area (Å²) in [7, 11) is 0. The van der Waals surface area contributed by atoms with Crippen LogP contribution in [0.2, 0.25) is 0 Å². The second-order valence-electron chi connectivity index (χ2n) is 3.08. The monoisotopic (exact) mass is 173 g/mol.